The Labute approximate surface area is 170 Å². The van der Waals surface area contributed by atoms with E-state index in [1.807, 2.05) is 17.4 Å². The second-order valence-corrected chi connectivity index (χ2v) is 8.88. The minimum Gasteiger partial charge on any atom is -0.336 e. The van der Waals surface area contributed by atoms with Crippen molar-refractivity contribution in [3.63, 3.8) is 0 Å². The maximum Gasteiger partial charge on any atom is 0.258 e. The summed E-state index contributed by atoms with van der Waals surface area (Å²) in [5, 5.41) is 1.24. The Hall–Kier alpha value is -0.800. The zero-order chi connectivity index (χ0) is 18.7. The van der Waals surface area contributed by atoms with E-state index in [9.17, 15) is 9.18 Å². The predicted molar refractivity (Wildman–Crippen MR) is 108 cm³/mol. The fourth-order valence-corrected chi connectivity index (χ4v) is 5.38. The first-order valence-electron chi connectivity index (χ1n) is 8.07. The molecule has 0 atom stereocenters. The molecule has 1 saturated heterocycles. The summed E-state index contributed by atoms with van der Waals surface area (Å²) >= 11 is 10.6. The van der Waals surface area contributed by atoms with Gasteiger partial charge in [-0.3, -0.25) is 9.69 Å². The highest BCUT2D eigenvalue weighted by molar-refractivity contribution is 8.01. The number of carbonyl (C=O) groups excluding carboxylic acids is 1. The number of nitrogens with zero attached hydrogens (tertiary/aromatic N) is 3. The van der Waals surface area contributed by atoms with Crippen LogP contribution in [-0.4, -0.2) is 58.8 Å². The van der Waals surface area contributed by atoms with Gasteiger partial charge in [0.2, 0.25) is 0 Å². The van der Waals surface area contributed by atoms with Crippen LogP contribution < -0.4 is 0 Å². The molecule has 26 heavy (non-hydrogen) atoms. The van der Waals surface area contributed by atoms with E-state index in [2.05, 4.69) is 9.27 Å². The number of piperazine rings is 1. The molecule has 2 heterocycles. The van der Waals surface area contributed by atoms with Crippen molar-refractivity contribution in [3.8, 4) is 0 Å². The van der Waals surface area contributed by atoms with Crippen LogP contribution in [0.1, 0.15) is 15.9 Å². The van der Waals surface area contributed by atoms with Crippen LogP contribution >= 0.6 is 46.7 Å². The van der Waals surface area contributed by atoms with Crippen LogP contribution in [0.5, 0.6) is 0 Å². The summed E-state index contributed by atoms with van der Waals surface area (Å²) in [5.74, 6) is -0.245. The third kappa shape index (κ3) is 4.20. The molecule has 1 aromatic carbocycles. The van der Waals surface area contributed by atoms with Gasteiger partial charge in [-0.1, -0.05) is 17.7 Å². The Morgan fingerprint density at radius 2 is 2.00 bits per heavy atom. The molecule has 0 unspecified atom stereocenters. The first-order valence-corrected chi connectivity index (χ1v) is 11.7. The topological polar surface area (TPSA) is 36.4 Å². The number of thioether (sulfide) groups is 2. The number of hydrogen-bond acceptors (Lipinski definition) is 6. The average Bonchev–Trinajstić information content (AvgIpc) is 3.08. The molecule has 3 rings (SSSR count). The largest absolute Gasteiger partial charge is 0.336 e. The third-order valence-corrected chi connectivity index (χ3v) is 7.42. The van der Waals surface area contributed by atoms with Crippen molar-refractivity contribution in [2.24, 2.45) is 0 Å². The molecule has 0 saturated carbocycles. The van der Waals surface area contributed by atoms with Crippen molar-refractivity contribution >= 4 is 52.6 Å². The molecule has 0 aliphatic carbocycles. The second kappa shape index (κ2) is 8.93. The summed E-state index contributed by atoms with van der Waals surface area (Å²) in [7, 11) is 0. The lowest BCUT2D eigenvalue weighted by Gasteiger charge is -2.35. The van der Waals surface area contributed by atoms with Gasteiger partial charge in [0.1, 0.15) is 10.8 Å². The van der Waals surface area contributed by atoms with Gasteiger partial charge >= 0.3 is 0 Å². The Balaban J connectivity index is 1.65. The first-order chi connectivity index (χ1) is 12.5. The highest BCUT2D eigenvalue weighted by Crippen LogP contribution is 2.33. The molecule has 0 spiro atoms. The van der Waals surface area contributed by atoms with Gasteiger partial charge in [0.05, 0.1) is 9.77 Å². The molecule has 1 fully saturated rings. The van der Waals surface area contributed by atoms with Gasteiger partial charge in [-0.05, 0) is 36.2 Å². The lowest BCUT2D eigenvalue weighted by molar-refractivity contribution is 0.0620. The predicted octanol–water partition coefficient (Wildman–Crippen LogP) is 4.34. The first kappa shape index (κ1) is 19.9. The number of aromatic nitrogens is 1. The summed E-state index contributed by atoms with van der Waals surface area (Å²) in [4.78, 5) is 17.0. The van der Waals surface area contributed by atoms with Crippen molar-refractivity contribution in [3.05, 3.63) is 40.2 Å². The van der Waals surface area contributed by atoms with E-state index in [0.717, 1.165) is 14.8 Å². The standard InChI is InChI=1S/C17H19ClFN3OS3/c1-24-15-14(17(25-2)26-20-15)16(23)22-8-6-21(7-9-22)10-11-12(18)4-3-5-13(11)19/h3-5H,6-10H2,1-2H3. The average molecular weight is 432 g/mol. The molecule has 9 heteroatoms. The van der Waals surface area contributed by atoms with Crippen LogP contribution in [0.25, 0.3) is 0 Å². The molecule has 0 radical (unpaired) electrons. The zero-order valence-corrected chi connectivity index (χ0v) is 17.7. The van der Waals surface area contributed by atoms with E-state index >= 15 is 0 Å². The van der Waals surface area contributed by atoms with Crippen LogP contribution in [0, 0.1) is 5.82 Å². The van der Waals surface area contributed by atoms with Crippen LogP contribution in [0.3, 0.4) is 0 Å². The molecule has 1 aliphatic heterocycles. The highest BCUT2D eigenvalue weighted by Gasteiger charge is 2.28. The van der Waals surface area contributed by atoms with Gasteiger partial charge in [0, 0.05) is 43.3 Å². The number of carbonyl (C=O) groups is 1. The molecule has 1 aliphatic rings. The summed E-state index contributed by atoms with van der Waals surface area (Å²) < 4.78 is 19.3. The maximum absolute atomic E-state index is 14.0. The number of amides is 1. The molecular weight excluding hydrogens is 413 g/mol. The van der Waals surface area contributed by atoms with E-state index in [4.69, 9.17) is 11.6 Å². The zero-order valence-electron chi connectivity index (χ0n) is 14.5. The quantitative estimate of drug-likeness (QED) is 0.658. The molecule has 1 aromatic heterocycles. The van der Waals surface area contributed by atoms with Crippen LogP contribution in [-0.2, 0) is 6.54 Å². The summed E-state index contributed by atoms with van der Waals surface area (Å²) in [6, 6.07) is 4.75. The molecule has 0 bridgehead atoms. The Bertz CT molecular complexity index is 752. The second-order valence-electron chi connectivity index (χ2n) is 5.83. The van der Waals surface area contributed by atoms with Crippen molar-refractivity contribution in [2.45, 2.75) is 15.8 Å². The smallest absolute Gasteiger partial charge is 0.258 e. The van der Waals surface area contributed by atoms with Gasteiger partial charge in [-0.25, -0.2) is 4.39 Å². The monoisotopic (exact) mass is 431 g/mol. The Kier molecular flexibility index (Phi) is 6.85. The normalized spacial score (nSPS) is 15.5. The minimum atomic E-state index is -0.283. The number of hydrogen-bond donors (Lipinski definition) is 0. The number of rotatable bonds is 5. The van der Waals surface area contributed by atoms with E-state index in [-0.39, 0.29) is 11.7 Å². The van der Waals surface area contributed by atoms with E-state index in [0.29, 0.717) is 43.3 Å². The van der Waals surface area contributed by atoms with E-state index in [1.54, 1.807) is 23.9 Å². The van der Waals surface area contributed by atoms with Crippen LogP contribution in [0.15, 0.2) is 27.4 Å². The van der Waals surface area contributed by atoms with E-state index in [1.165, 1.54) is 29.4 Å². The summed E-state index contributed by atoms with van der Waals surface area (Å²) in [5.41, 5.74) is 1.24. The lowest BCUT2D eigenvalue weighted by atomic mass is 10.1. The molecule has 2 aromatic rings. The van der Waals surface area contributed by atoms with Crippen molar-refractivity contribution in [2.75, 3.05) is 38.7 Å². The van der Waals surface area contributed by atoms with Crippen LogP contribution in [0.4, 0.5) is 4.39 Å². The number of halogens is 2. The van der Waals surface area contributed by atoms with Crippen molar-refractivity contribution in [1.29, 1.82) is 0 Å². The van der Waals surface area contributed by atoms with Crippen molar-refractivity contribution in [1.82, 2.24) is 14.2 Å². The van der Waals surface area contributed by atoms with Gasteiger partial charge in [0.15, 0.2) is 0 Å². The molecule has 1 amide bonds. The molecule has 0 N–H and O–H groups in total. The van der Waals surface area contributed by atoms with Gasteiger partial charge < -0.3 is 4.90 Å². The summed E-state index contributed by atoms with van der Waals surface area (Å²) in [6.07, 6.45) is 3.90. The van der Waals surface area contributed by atoms with Gasteiger partial charge in [-0.2, -0.15) is 4.37 Å². The van der Waals surface area contributed by atoms with Gasteiger partial charge in [0.25, 0.3) is 5.91 Å². The van der Waals surface area contributed by atoms with E-state index < -0.39 is 0 Å². The van der Waals surface area contributed by atoms with Gasteiger partial charge in [-0.15, -0.1) is 23.5 Å². The minimum absolute atomic E-state index is 0.0380. The van der Waals surface area contributed by atoms with Crippen molar-refractivity contribution < 1.29 is 9.18 Å². The third-order valence-electron chi connectivity index (χ3n) is 4.32. The number of benzene rings is 1. The fourth-order valence-electron chi connectivity index (χ4n) is 2.89. The Morgan fingerprint density at radius 3 is 2.62 bits per heavy atom. The Morgan fingerprint density at radius 1 is 1.27 bits per heavy atom. The lowest BCUT2D eigenvalue weighted by Crippen LogP contribution is -2.48. The molecular formula is C17H19ClFN3OS3. The van der Waals surface area contributed by atoms with Crippen LogP contribution in [0.2, 0.25) is 5.02 Å². The SMILES string of the molecule is CSc1nsc(SC)c1C(=O)N1CCN(Cc2c(F)cccc2Cl)CC1. The molecule has 4 nitrogen and oxygen atoms in total. The molecule has 140 valence electrons. The maximum atomic E-state index is 14.0. The fraction of sp³-hybridized carbons (Fsp3) is 0.412. The summed E-state index contributed by atoms with van der Waals surface area (Å²) in [6.45, 7) is 3.07. The highest BCUT2D eigenvalue weighted by atomic mass is 35.5.